The predicted molar refractivity (Wildman–Crippen MR) is 97.4 cm³/mol. The first-order valence-corrected chi connectivity index (χ1v) is 10.0. The summed E-state index contributed by atoms with van der Waals surface area (Å²) in [7, 11) is -3.77. The summed E-state index contributed by atoms with van der Waals surface area (Å²) in [6.45, 7) is 0. The van der Waals surface area contributed by atoms with Crippen LogP contribution in [0, 0.1) is 10.1 Å². The lowest BCUT2D eigenvalue weighted by atomic mass is 10.1. The van der Waals surface area contributed by atoms with Gasteiger partial charge in [-0.15, -0.1) is 0 Å². The number of halogens is 1. The van der Waals surface area contributed by atoms with E-state index in [4.69, 9.17) is 0 Å². The van der Waals surface area contributed by atoms with Gasteiger partial charge >= 0.3 is 0 Å². The van der Waals surface area contributed by atoms with E-state index in [-0.39, 0.29) is 22.4 Å². The Morgan fingerprint density at radius 1 is 1.12 bits per heavy atom. The zero-order valence-corrected chi connectivity index (χ0v) is 15.5. The maximum absolute atomic E-state index is 12.4. The van der Waals surface area contributed by atoms with Crippen LogP contribution in [0.3, 0.4) is 0 Å². The molecule has 2 aromatic carbocycles. The number of phenols is 1. The van der Waals surface area contributed by atoms with Crippen LogP contribution >= 0.6 is 15.9 Å². The standard InChI is InChI=1S/C16H17BrN2O5S/c17-11-13(4-1-12-2-7-15(20)8-3-12)18-25(23,24)16-9-5-14(6-10-16)19(21)22/h2-3,5-10,13,18,20H,1,4,11H2/t13-/m1/s1. The molecule has 2 N–H and O–H groups in total. The normalized spacial score (nSPS) is 12.7. The van der Waals surface area contributed by atoms with Gasteiger partial charge in [-0.25, -0.2) is 13.1 Å². The fourth-order valence-corrected chi connectivity index (χ4v) is 4.18. The summed E-state index contributed by atoms with van der Waals surface area (Å²) in [6, 6.07) is 11.1. The Morgan fingerprint density at radius 2 is 1.72 bits per heavy atom. The molecule has 2 aromatic rings. The van der Waals surface area contributed by atoms with Gasteiger partial charge in [0.15, 0.2) is 0 Å². The highest BCUT2D eigenvalue weighted by Gasteiger charge is 2.20. The molecule has 9 heteroatoms. The third kappa shape index (κ3) is 5.52. The van der Waals surface area contributed by atoms with Gasteiger partial charge in [0.25, 0.3) is 5.69 Å². The van der Waals surface area contributed by atoms with Crippen molar-refractivity contribution in [2.75, 3.05) is 5.33 Å². The number of rotatable bonds is 8. The fourth-order valence-electron chi connectivity index (χ4n) is 2.21. The number of phenolic OH excluding ortho intramolecular Hbond substituents is 1. The second kappa shape index (κ2) is 8.41. The minimum Gasteiger partial charge on any atom is -0.508 e. The number of nitrogens with one attached hydrogen (secondary N) is 1. The van der Waals surface area contributed by atoms with Crippen LogP contribution in [0.15, 0.2) is 53.4 Å². The van der Waals surface area contributed by atoms with Crippen LogP contribution in [-0.4, -0.2) is 29.8 Å². The lowest BCUT2D eigenvalue weighted by molar-refractivity contribution is -0.384. The highest BCUT2D eigenvalue weighted by Crippen LogP contribution is 2.17. The van der Waals surface area contributed by atoms with E-state index in [1.165, 1.54) is 12.1 Å². The van der Waals surface area contributed by atoms with Crippen molar-refractivity contribution in [1.29, 1.82) is 0 Å². The molecular formula is C16H17BrN2O5S. The average Bonchev–Trinajstić information content (AvgIpc) is 2.60. The molecule has 0 aliphatic carbocycles. The highest BCUT2D eigenvalue weighted by atomic mass is 79.9. The van der Waals surface area contributed by atoms with Crippen LogP contribution < -0.4 is 4.72 Å². The second-order valence-electron chi connectivity index (χ2n) is 5.43. The highest BCUT2D eigenvalue weighted by molar-refractivity contribution is 9.09. The molecule has 7 nitrogen and oxygen atoms in total. The van der Waals surface area contributed by atoms with Crippen LogP contribution in [0.1, 0.15) is 12.0 Å². The van der Waals surface area contributed by atoms with Crippen molar-refractivity contribution in [1.82, 2.24) is 4.72 Å². The minimum atomic E-state index is -3.77. The van der Waals surface area contributed by atoms with E-state index in [2.05, 4.69) is 20.7 Å². The molecule has 1 atom stereocenters. The summed E-state index contributed by atoms with van der Waals surface area (Å²) >= 11 is 3.30. The first-order chi connectivity index (χ1) is 11.8. The number of aromatic hydroxyl groups is 1. The molecule has 0 aromatic heterocycles. The van der Waals surface area contributed by atoms with Crippen LogP contribution in [0.4, 0.5) is 5.69 Å². The van der Waals surface area contributed by atoms with E-state index in [0.717, 1.165) is 17.7 Å². The van der Waals surface area contributed by atoms with Crippen LogP contribution in [-0.2, 0) is 16.4 Å². The summed E-state index contributed by atoms with van der Waals surface area (Å²) in [5.74, 6) is 0.180. The summed E-state index contributed by atoms with van der Waals surface area (Å²) in [5.41, 5.74) is 0.821. The van der Waals surface area contributed by atoms with Crippen molar-refractivity contribution in [2.45, 2.75) is 23.8 Å². The van der Waals surface area contributed by atoms with Gasteiger partial charge in [-0.1, -0.05) is 28.1 Å². The fraction of sp³-hybridized carbons (Fsp3) is 0.250. The zero-order chi connectivity index (χ0) is 18.4. The number of nitro groups is 1. The number of non-ortho nitro benzene ring substituents is 1. The number of nitrogens with zero attached hydrogens (tertiary/aromatic N) is 1. The topological polar surface area (TPSA) is 110 Å². The maximum atomic E-state index is 12.4. The van der Waals surface area contributed by atoms with Gasteiger partial charge in [-0.05, 0) is 42.7 Å². The Hall–Kier alpha value is -1.97. The van der Waals surface area contributed by atoms with Gasteiger partial charge in [0, 0.05) is 23.5 Å². The predicted octanol–water partition coefficient (Wildman–Crippen LogP) is 2.98. The SMILES string of the molecule is O=[N+]([O-])c1ccc(S(=O)(=O)N[C@@H](CBr)CCc2ccc(O)cc2)cc1. The largest absolute Gasteiger partial charge is 0.508 e. The van der Waals surface area contributed by atoms with E-state index < -0.39 is 14.9 Å². The monoisotopic (exact) mass is 428 g/mol. The average molecular weight is 429 g/mol. The number of alkyl halides is 1. The second-order valence-corrected chi connectivity index (χ2v) is 7.79. The number of sulfonamides is 1. The molecule has 134 valence electrons. The summed E-state index contributed by atoms with van der Waals surface area (Å²) in [4.78, 5) is 10.0. The van der Waals surface area contributed by atoms with Crippen LogP contribution in [0.25, 0.3) is 0 Å². The number of benzene rings is 2. The molecular weight excluding hydrogens is 412 g/mol. The lowest BCUT2D eigenvalue weighted by Crippen LogP contribution is -2.36. The van der Waals surface area contributed by atoms with E-state index >= 15 is 0 Å². The first-order valence-electron chi connectivity index (χ1n) is 7.42. The molecule has 0 spiro atoms. The Morgan fingerprint density at radius 3 is 2.24 bits per heavy atom. The van der Waals surface area contributed by atoms with Gasteiger partial charge in [0.2, 0.25) is 10.0 Å². The molecule has 0 amide bonds. The smallest absolute Gasteiger partial charge is 0.269 e. The van der Waals surface area contributed by atoms with E-state index in [1.807, 2.05) is 0 Å². The molecule has 0 saturated heterocycles. The summed E-state index contributed by atoms with van der Waals surface area (Å²) in [5, 5.41) is 20.3. The molecule has 0 aliphatic rings. The zero-order valence-electron chi connectivity index (χ0n) is 13.1. The van der Waals surface area contributed by atoms with Gasteiger partial charge in [-0.2, -0.15) is 0 Å². The molecule has 2 rings (SSSR count). The Kier molecular flexibility index (Phi) is 6.51. The Labute approximate surface area is 154 Å². The third-order valence-electron chi connectivity index (χ3n) is 3.58. The Balaban J connectivity index is 2.03. The summed E-state index contributed by atoms with van der Waals surface area (Å²) < 4.78 is 27.4. The molecule has 25 heavy (non-hydrogen) atoms. The van der Waals surface area contributed by atoms with Crippen molar-refractivity contribution in [2.24, 2.45) is 0 Å². The van der Waals surface area contributed by atoms with Crippen molar-refractivity contribution >= 4 is 31.6 Å². The van der Waals surface area contributed by atoms with Gasteiger partial charge in [0.05, 0.1) is 9.82 Å². The maximum Gasteiger partial charge on any atom is 0.269 e. The first kappa shape index (κ1) is 19.4. The number of aryl methyl sites for hydroxylation is 1. The molecule has 0 radical (unpaired) electrons. The molecule has 0 saturated carbocycles. The quantitative estimate of drug-likeness (QED) is 0.381. The number of nitro benzene ring substituents is 1. The third-order valence-corrected chi connectivity index (χ3v) is 5.90. The van der Waals surface area contributed by atoms with Crippen LogP contribution in [0.5, 0.6) is 5.75 Å². The molecule has 0 heterocycles. The summed E-state index contributed by atoms with van der Waals surface area (Å²) in [6.07, 6.45) is 1.20. The van der Waals surface area contributed by atoms with E-state index in [0.29, 0.717) is 18.2 Å². The van der Waals surface area contributed by atoms with Gasteiger partial charge < -0.3 is 5.11 Å². The number of hydrogen-bond donors (Lipinski definition) is 2. The van der Waals surface area contributed by atoms with Crippen molar-refractivity contribution in [3.8, 4) is 5.75 Å². The van der Waals surface area contributed by atoms with Crippen LogP contribution in [0.2, 0.25) is 0 Å². The lowest BCUT2D eigenvalue weighted by Gasteiger charge is -2.16. The molecule has 0 fully saturated rings. The van der Waals surface area contributed by atoms with Crippen molar-refractivity contribution < 1.29 is 18.4 Å². The van der Waals surface area contributed by atoms with Crippen molar-refractivity contribution in [3.05, 3.63) is 64.2 Å². The molecule has 0 bridgehead atoms. The molecule has 0 unspecified atom stereocenters. The van der Waals surface area contributed by atoms with Gasteiger partial charge in [-0.3, -0.25) is 10.1 Å². The van der Waals surface area contributed by atoms with E-state index in [9.17, 15) is 23.6 Å². The van der Waals surface area contributed by atoms with E-state index in [1.54, 1.807) is 24.3 Å². The Bertz CT molecular complexity index is 823. The molecule has 0 aliphatic heterocycles. The van der Waals surface area contributed by atoms with Gasteiger partial charge in [0.1, 0.15) is 5.75 Å². The van der Waals surface area contributed by atoms with Crippen molar-refractivity contribution in [3.63, 3.8) is 0 Å². The minimum absolute atomic E-state index is 0.0197. The number of hydrogen-bond acceptors (Lipinski definition) is 5.